The molecule has 2 aliphatic rings. The highest BCUT2D eigenvalue weighted by molar-refractivity contribution is 5.80. The maximum Gasteiger partial charge on any atom is 0.407 e. The first kappa shape index (κ1) is 24.0. The standard InChI is InChI=1S/C23H31FN2O6/c24-21-11-19(32-14-15-7-9-26(10-8-15)23(30)31)5-6-20(21)16-1-3-17(4-2-16)22(29)25-12-18(28)13-27/h1,5-6,11,15,17-18,27-28H,2-4,7-10,12-14H2,(H,25,29)(H,30,31)/t17?,18-/m1/s1. The Bertz CT molecular complexity index is 838. The van der Waals surface area contributed by atoms with Gasteiger partial charge in [0, 0.05) is 37.2 Å². The minimum Gasteiger partial charge on any atom is -0.493 e. The molecule has 1 aromatic rings. The average Bonchev–Trinajstić information content (AvgIpc) is 2.81. The van der Waals surface area contributed by atoms with Gasteiger partial charge in [-0.3, -0.25) is 4.79 Å². The van der Waals surface area contributed by atoms with E-state index in [1.54, 1.807) is 12.1 Å². The number of carbonyl (C=O) groups is 2. The van der Waals surface area contributed by atoms with Crippen LogP contribution in [0.5, 0.6) is 5.75 Å². The van der Waals surface area contributed by atoms with Gasteiger partial charge in [0.25, 0.3) is 0 Å². The number of nitrogens with zero attached hydrogens (tertiary/aromatic N) is 1. The number of rotatable bonds is 8. The fraction of sp³-hybridized carbons (Fsp3) is 0.565. The Morgan fingerprint density at radius 3 is 2.59 bits per heavy atom. The third-order valence-corrected chi connectivity index (χ3v) is 6.16. The molecular weight excluding hydrogens is 419 g/mol. The number of halogens is 1. The van der Waals surface area contributed by atoms with Crippen LogP contribution in [0.2, 0.25) is 0 Å². The van der Waals surface area contributed by atoms with Crippen molar-refractivity contribution in [2.75, 3.05) is 32.8 Å². The number of carbonyl (C=O) groups excluding carboxylic acids is 1. The Hall–Kier alpha value is -2.65. The second-order valence-electron chi connectivity index (χ2n) is 8.45. The van der Waals surface area contributed by atoms with Gasteiger partial charge in [-0.15, -0.1) is 0 Å². The summed E-state index contributed by atoms with van der Waals surface area (Å²) in [7, 11) is 0. The van der Waals surface area contributed by atoms with Gasteiger partial charge in [0.2, 0.25) is 5.91 Å². The van der Waals surface area contributed by atoms with Crippen LogP contribution >= 0.6 is 0 Å². The van der Waals surface area contributed by atoms with Crippen molar-refractivity contribution in [3.8, 4) is 5.75 Å². The average molecular weight is 451 g/mol. The van der Waals surface area contributed by atoms with Gasteiger partial charge in [-0.2, -0.15) is 0 Å². The molecule has 1 aliphatic carbocycles. The first-order valence-electron chi connectivity index (χ1n) is 11.0. The largest absolute Gasteiger partial charge is 0.493 e. The van der Waals surface area contributed by atoms with Gasteiger partial charge in [0.05, 0.1) is 19.3 Å². The SMILES string of the molecule is O=C(NC[C@@H](O)CO)C1CC=C(c2ccc(OCC3CCN(C(=O)O)CC3)cc2F)CC1. The summed E-state index contributed by atoms with van der Waals surface area (Å²) in [6, 6.07) is 4.81. The van der Waals surface area contributed by atoms with E-state index in [0.717, 1.165) is 18.4 Å². The summed E-state index contributed by atoms with van der Waals surface area (Å²) < 4.78 is 20.5. The highest BCUT2D eigenvalue weighted by Crippen LogP contribution is 2.33. The Labute approximate surface area is 186 Å². The number of allylic oxidation sites excluding steroid dienone is 2. The smallest absolute Gasteiger partial charge is 0.407 e. The summed E-state index contributed by atoms with van der Waals surface area (Å²) in [4.78, 5) is 24.5. The van der Waals surface area contributed by atoms with E-state index in [2.05, 4.69) is 5.32 Å². The predicted molar refractivity (Wildman–Crippen MR) is 116 cm³/mol. The minimum absolute atomic E-state index is 0.0111. The van der Waals surface area contributed by atoms with Crippen molar-refractivity contribution in [3.05, 3.63) is 35.7 Å². The van der Waals surface area contributed by atoms with Crippen molar-refractivity contribution in [1.82, 2.24) is 10.2 Å². The Morgan fingerprint density at radius 2 is 2.00 bits per heavy atom. The molecule has 8 nitrogen and oxygen atoms in total. The van der Waals surface area contributed by atoms with Crippen LogP contribution < -0.4 is 10.1 Å². The molecule has 4 N–H and O–H groups in total. The lowest BCUT2D eigenvalue weighted by atomic mass is 9.86. The summed E-state index contributed by atoms with van der Waals surface area (Å²) in [5.41, 5.74) is 1.36. The summed E-state index contributed by atoms with van der Waals surface area (Å²) >= 11 is 0. The molecule has 1 aromatic carbocycles. The minimum atomic E-state index is -0.971. The second kappa shape index (κ2) is 11.3. The van der Waals surface area contributed by atoms with Crippen LogP contribution in [0.25, 0.3) is 5.57 Å². The zero-order valence-corrected chi connectivity index (χ0v) is 18.0. The molecule has 3 rings (SSSR count). The molecule has 0 aromatic heterocycles. The lowest BCUT2D eigenvalue weighted by molar-refractivity contribution is -0.125. The van der Waals surface area contributed by atoms with Crippen molar-refractivity contribution < 1.29 is 34.0 Å². The van der Waals surface area contributed by atoms with E-state index in [-0.39, 0.29) is 30.1 Å². The van der Waals surface area contributed by atoms with Gasteiger partial charge >= 0.3 is 6.09 Å². The van der Waals surface area contributed by atoms with E-state index < -0.39 is 18.8 Å². The number of ether oxygens (including phenoxy) is 1. The van der Waals surface area contributed by atoms with Crippen LogP contribution in [0.15, 0.2) is 24.3 Å². The third kappa shape index (κ3) is 6.43. The highest BCUT2D eigenvalue weighted by atomic mass is 19.1. The van der Waals surface area contributed by atoms with E-state index in [9.17, 15) is 19.1 Å². The molecule has 9 heteroatoms. The van der Waals surface area contributed by atoms with Gasteiger partial charge < -0.3 is 30.3 Å². The number of carboxylic acid groups (broad SMARTS) is 1. The van der Waals surface area contributed by atoms with E-state index >= 15 is 0 Å². The van der Waals surface area contributed by atoms with Crippen molar-refractivity contribution in [3.63, 3.8) is 0 Å². The molecule has 1 unspecified atom stereocenters. The first-order chi connectivity index (χ1) is 15.4. The van der Waals surface area contributed by atoms with Gasteiger partial charge in [-0.25, -0.2) is 9.18 Å². The number of benzene rings is 1. The number of nitrogens with one attached hydrogen (secondary N) is 1. The van der Waals surface area contributed by atoms with Crippen molar-refractivity contribution >= 4 is 17.6 Å². The fourth-order valence-electron chi connectivity index (χ4n) is 4.10. The lowest BCUT2D eigenvalue weighted by Gasteiger charge is -2.29. The quantitative estimate of drug-likeness (QED) is 0.482. The lowest BCUT2D eigenvalue weighted by Crippen LogP contribution is -2.38. The molecule has 1 saturated heterocycles. The number of aliphatic hydroxyl groups excluding tert-OH is 2. The van der Waals surface area contributed by atoms with Gasteiger partial charge in [-0.05, 0) is 55.7 Å². The van der Waals surface area contributed by atoms with Gasteiger partial charge in [0.1, 0.15) is 11.6 Å². The molecule has 32 heavy (non-hydrogen) atoms. The molecule has 1 heterocycles. The molecule has 2 amide bonds. The maximum absolute atomic E-state index is 14.7. The molecule has 0 spiro atoms. The fourth-order valence-corrected chi connectivity index (χ4v) is 4.10. The number of aliphatic hydroxyl groups is 2. The molecule has 1 aliphatic heterocycles. The predicted octanol–water partition coefficient (Wildman–Crippen LogP) is 2.25. The molecule has 0 saturated carbocycles. The van der Waals surface area contributed by atoms with E-state index in [1.165, 1.54) is 11.0 Å². The Morgan fingerprint density at radius 1 is 1.25 bits per heavy atom. The van der Waals surface area contributed by atoms with Crippen LogP contribution in [-0.4, -0.2) is 71.2 Å². The molecule has 0 bridgehead atoms. The van der Waals surface area contributed by atoms with Crippen molar-refractivity contribution in [1.29, 1.82) is 0 Å². The Kier molecular flexibility index (Phi) is 8.46. The number of amides is 2. The number of hydrogen-bond donors (Lipinski definition) is 4. The molecular formula is C23H31FN2O6. The van der Waals surface area contributed by atoms with Gasteiger partial charge in [0.15, 0.2) is 0 Å². The van der Waals surface area contributed by atoms with Crippen LogP contribution in [0.1, 0.15) is 37.7 Å². The van der Waals surface area contributed by atoms with Crippen molar-refractivity contribution in [2.24, 2.45) is 11.8 Å². The Balaban J connectivity index is 1.49. The van der Waals surface area contributed by atoms with Crippen LogP contribution in [0.3, 0.4) is 0 Å². The van der Waals surface area contributed by atoms with Gasteiger partial charge in [-0.1, -0.05) is 6.08 Å². The maximum atomic E-state index is 14.7. The third-order valence-electron chi connectivity index (χ3n) is 6.16. The number of piperidine rings is 1. The van der Waals surface area contributed by atoms with E-state index in [4.69, 9.17) is 14.9 Å². The monoisotopic (exact) mass is 450 g/mol. The van der Waals surface area contributed by atoms with Crippen LogP contribution in [0, 0.1) is 17.7 Å². The van der Waals surface area contributed by atoms with Crippen molar-refractivity contribution in [2.45, 2.75) is 38.2 Å². The molecule has 2 atom stereocenters. The molecule has 1 fully saturated rings. The van der Waals surface area contributed by atoms with Crippen LogP contribution in [0.4, 0.5) is 9.18 Å². The highest BCUT2D eigenvalue weighted by Gasteiger charge is 2.24. The summed E-state index contributed by atoms with van der Waals surface area (Å²) in [5.74, 6) is -0.0866. The first-order valence-corrected chi connectivity index (χ1v) is 11.0. The zero-order valence-electron chi connectivity index (χ0n) is 18.0. The summed E-state index contributed by atoms with van der Waals surface area (Å²) in [6.45, 7) is 1.02. The van der Waals surface area contributed by atoms with E-state index in [1.807, 2.05) is 6.08 Å². The summed E-state index contributed by atoms with van der Waals surface area (Å²) in [5, 5.41) is 29.8. The number of hydrogen-bond acceptors (Lipinski definition) is 5. The molecule has 176 valence electrons. The normalized spacial score (nSPS) is 20.4. The molecule has 0 radical (unpaired) electrons. The van der Waals surface area contributed by atoms with E-state index in [0.29, 0.717) is 50.3 Å². The van der Waals surface area contributed by atoms with Crippen LogP contribution in [-0.2, 0) is 4.79 Å². The topological polar surface area (TPSA) is 119 Å². The number of likely N-dealkylation sites (tertiary alicyclic amines) is 1. The summed E-state index contributed by atoms with van der Waals surface area (Å²) in [6.07, 6.45) is 3.11. The zero-order chi connectivity index (χ0) is 23.1. The second-order valence-corrected chi connectivity index (χ2v) is 8.45.